The molecule has 0 aliphatic carbocycles. The van der Waals surface area contributed by atoms with E-state index in [0.29, 0.717) is 13.1 Å². The van der Waals surface area contributed by atoms with E-state index in [0.717, 1.165) is 18.6 Å². The molecule has 0 spiro atoms. The van der Waals surface area contributed by atoms with E-state index >= 15 is 0 Å². The van der Waals surface area contributed by atoms with Crippen molar-refractivity contribution in [3.05, 3.63) is 36.0 Å². The van der Waals surface area contributed by atoms with Crippen LogP contribution in [0.2, 0.25) is 0 Å². The van der Waals surface area contributed by atoms with Gasteiger partial charge >= 0.3 is 0 Å². The van der Waals surface area contributed by atoms with Gasteiger partial charge in [-0.15, -0.1) is 0 Å². The predicted octanol–water partition coefficient (Wildman–Crippen LogP) is 1.40. The van der Waals surface area contributed by atoms with Crippen molar-refractivity contribution in [2.24, 2.45) is 5.92 Å². The largest absolute Gasteiger partial charge is 0.489 e. The molecular weight excluding hydrogens is 316 g/mol. The third kappa shape index (κ3) is 4.31. The van der Waals surface area contributed by atoms with Gasteiger partial charge in [0, 0.05) is 49.9 Å². The highest BCUT2D eigenvalue weighted by atomic mass is 32.2. The topological polar surface area (TPSA) is 76.6 Å². The zero-order valence-corrected chi connectivity index (χ0v) is 13.6. The maximum Gasteiger partial charge on any atom is 0.223 e. The van der Waals surface area contributed by atoms with Crippen molar-refractivity contribution in [3.8, 4) is 5.75 Å². The minimum atomic E-state index is -3.09. The predicted molar refractivity (Wildman–Crippen MR) is 85.5 cm³/mol. The lowest BCUT2D eigenvalue weighted by molar-refractivity contribution is -0.133. The zero-order chi connectivity index (χ0) is 16.3. The van der Waals surface area contributed by atoms with E-state index in [-0.39, 0.29) is 30.1 Å². The Kier molecular flexibility index (Phi) is 4.66. The number of amides is 1. The summed E-state index contributed by atoms with van der Waals surface area (Å²) in [6, 6.07) is 3.70. The van der Waals surface area contributed by atoms with E-state index in [1.165, 1.54) is 5.41 Å². The lowest BCUT2D eigenvalue weighted by Crippen LogP contribution is -2.42. The van der Waals surface area contributed by atoms with Crippen LogP contribution in [0.5, 0.6) is 5.75 Å². The number of hydrogen-bond acceptors (Lipinski definition) is 5. The number of piperidine rings is 1. The molecule has 1 fully saturated rings. The summed E-state index contributed by atoms with van der Waals surface area (Å²) in [5.74, 6) is 0.645. The molecule has 0 aromatic carbocycles. The summed E-state index contributed by atoms with van der Waals surface area (Å²) in [5.41, 5.74) is 0. The number of carbonyl (C=O) groups excluding carboxylic acids is 1. The summed E-state index contributed by atoms with van der Waals surface area (Å²) in [6.45, 7) is 1.29. The molecule has 3 heterocycles. The Labute approximate surface area is 136 Å². The van der Waals surface area contributed by atoms with Crippen molar-refractivity contribution in [2.75, 3.05) is 18.8 Å². The molecule has 1 amide bonds. The number of aromatic nitrogens is 1. The molecule has 0 unspecified atom stereocenters. The number of rotatable bonds is 4. The first-order valence-electron chi connectivity index (χ1n) is 7.77. The minimum absolute atomic E-state index is 0.0246. The van der Waals surface area contributed by atoms with Crippen LogP contribution >= 0.6 is 0 Å². The molecule has 3 rings (SSSR count). The molecule has 0 N–H and O–H groups in total. The van der Waals surface area contributed by atoms with Crippen LogP contribution in [0, 0.1) is 5.92 Å². The average Bonchev–Trinajstić information content (AvgIpc) is 2.88. The molecule has 1 saturated heterocycles. The van der Waals surface area contributed by atoms with Gasteiger partial charge in [-0.1, -0.05) is 6.08 Å². The van der Waals surface area contributed by atoms with Gasteiger partial charge in [0.1, 0.15) is 11.9 Å². The Morgan fingerprint density at radius 3 is 2.74 bits per heavy atom. The van der Waals surface area contributed by atoms with Gasteiger partial charge in [0.15, 0.2) is 9.84 Å². The smallest absolute Gasteiger partial charge is 0.223 e. The first-order valence-corrected chi connectivity index (χ1v) is 9.49. The maximum absolute atomic E-state index is 12.3. The number of allylic oxidation sites excluding steroid dienone is 1. The molecule has 2 aliphatic heterocycles. The van der Waals surface area contributed by atoms with E-state index in [9.17, 15) is 13.2 Å². The zero-order valence-electron chi connectivity index (χ0n) is 12.8. The SMILES string of the molecule is O=C(C[C@H]1C=CS(=O)(=O)C1)N1CCC(Oc2cccnc2)CC1. The van der Waals surface area contributed by atoms with Crippen molar-refractivity contribution >= 4 is 15.7 Å². The Morgan fingerprint density at radius 2 is 2.13 bits per heavy atom. The summed E-state index contributed by atoms with van der Waals surface area (Å²) in [7, 11) is -3.09. The third-order valence-corrected chi connectivity index (χ3v) is 5.64. The van der Waals surface area contributed by atoms with Crippen LogP contribution in [0.1, 0.15) is 19.3 Å². The Morgan fingerprint density at radius 1 is 1.35 bits per heavy atom. The van der Waals surface area contributed by atoms with E-state index < -0.39 is 9.84 Å². The van der Waals surface area contributed by atoms with Gasteiger partial charge < -0.3 is 9.64 Å². The highest BCUT2D eigenvalue weighted by Gasteiger charge is 2.28. The fourth-order valence-electron chi connectivity index (χ4n) is 2.95. The molecule has 2 aliphatic rings. The van der Waals surface area contributed by atoms with E-state index in [2.05, 4.69) is 4.98 Å². The van der Waals surface area contributed by atoms with Crippen LogP contribution in [0.4, 0.5) is 0 Å². The van der Waals surface area contributed by atoms with Gasteiger partial charge in [0.2, 0.25) is 5.91 Å². The lowest BCUT2D eigenvalue weighted by Gasteiger charge is -2.32. The van der Waals surface area contributed by atoms with Crippen molar-refractivity contribution in [1.29, 1.82) is 0 Å². The Bertz CT molecular complexity index is 679. The number of carbonyl (C=O) groups is 1. The standard InChI is InChI=1S/C16H20N2O4S/c19-16(10-13-5-9-23(20,21)12-13)18-7-3-14(4-8-18)22-15-2-1-6-17-11-15/h1-2,5-6,9,11,13-14H,3-4,7-8,10,12H2/t13-/m1/s1. The fourth-order valence-corrected chi connectivity index (χ4v) is 4.35. The van der Waals surface area contributed by atoms with Crippen molar-refractivity contribution in [2.45, 2.75) is 25.4 Å². The summed E-state index contributed by atoms with van der Waals surface area (Å²) >= 11 is 0. The third-order valence-electron chi connectivity index (χ3n) is 4.17. The molecule has 0 saturated carbocycles. The number of hydrogen-bond donors (Lipinski definition) is 0. The number of pyridine rings is 1. The van der Waals surface area contributed by atoms with Crippen LogP contribution in [0.25, 0.3) is 0 Å². The van der Waals surface area contributed by atoms with Gasteiger partial charge in [-0.3, -0.25) is 9.78 Å². The first kappa shape index (κ1) is 16.0. The highest BCUT2D eigenvalue weighted by molar-refractivity contribution is 7.94. The molecule has 1 atom stereocenters. The number of likely N-dealkylation sites (tertiary alicyclic amines) is 1. The molecule has 0 radical (unpaired) electrons. The van der Waals surface area contributed by atoms with Crippen LogP contribution in [0.15, 0.2) is 36.0 Å². The molecule has 7 heteroatoms. The summed E-state index contributed by atoms with van der Waals surface area (Å²) in [6.07, 6.45) is 6.93. The molecular formula is C16H20N2O4S. The summed E-state index contributed by atoms with van der Waals surface area (Å²) in [4.78, 5) is 18.1. The normalized spacial score (nSPS) is 23.8. The second-order valence-electron chi connectivity index (χ2n) is 6.01. The van der Waals surface area contributed by atoms with Crippen LogP contribution in [0.3, 0.4) is 0 Å². The van der Waals surface area contributed by atoms with Gasteiger partial charge in [-0.2, -0.15) is 0 Å². The second-order valence-corrected chi connectivity index (χ2v) is 7.94. The summed E-state index contributed by atoms with van der Waals surface area (Å²) < 4.78 is 28.6. The van der Waals surface area contributed by atoms with Gasteiger partial charge in [-0.05, 0) is 12.1 Å². The average molecular weight is 336 g/mol. The van der Waals surface area contributed by atoms with E-state index in [1.807, 2.05) is 17.0 Å². The van der Waals surface area contributed by atoms with E-state index in [4.69, 9.17) is 4.74 Å². The van der Waals surface area contributed by atoms with Crippen LogP contribution in [-0.4, -0.2) is 49.2 Å². The number of nitrogens with zero attached hydrogens (tertiary/aromatic N) is 2. The monoisotopic (exact) mass is 336 g/mol. The van der Waals surface area contributed by atoms with Gasteiger partial charge in [0.05, 0.1) is 11.9 Å². The first-order chi connectivity index (χ1) is 11.0. The van der Waals surface area contributed by atoms with Gasteiger partial charge in [0.25, 0.3) is 0 Å². The van der Waals surface area contributed by atoms with Crippen LogP contribution < -0.4 is 4.74 Å². The molecule has 6 nitrogen and oxygen atoms in total. The fraction of sp³-hybridized carbons (Fsp3) is 0.500. The van der Waals surface area contributed by atoms with Crippen molar-refractivity contribution in [1.82, 2.24) is 9.88 Å². The molecule has 0 bridgehead atoms. The quantitative estimate of drug-likeness (QED) is 0.831. The lowest BCUT2D eigenvalue weighted by atomic mass is 10.0. The Hall–Kier alpha value is -1.89. The molecule has 1 aromatic heterocycles. The summed E-state index contributed by atoms with van der Waals surface area (Å²) in [5, 5.41) is 1.22. The van der Waals surface area contributed by atoms with Gasteiger partial charge in [-0.25, -0.2) is 8.42 Å². The minimum Gasteiger partial charge on any atom is -0.489 e. The second kappa shape index (κ2) is 6.70. The number of sulfone groups is 1. The molecule has 124 valence electrons. The maximum atomic E-state index is 12.3. The molecule has 23 heavy (non-hydrogen) atoms. The molecule has 1 aromatic rings. The number of ether oxygens (including phenoxy) is 1. The van der Waals surface area contributed by atoms with E-state index in [1.54, 1.807) is 18.5 Å². The van der Waals surface area contributed by atoms with Crippen LogP contribution in [-0.2, 0) is 14.6 Å². The van der Waals surface area contributed by atoms with Crippen molar-refractivity contribution < 1.29 is 17.9 Å². The highest BCUT2D eigenvalue weighted by Crippen LogP contribution is 2.22. The Balaban J connectivity index is 1.45. The van der Waals surface area contributed by atoms with Crippen molar-refractivity contribution in [3.63, 3.8) is 0 Å².